The third-order valence-electron chi connectivity index (χ3n) is 5.83. The summed E-state index contributed by atoms with van der Waals surface area (Å²) in [6.45, 7) is 0.480. The molecular weight excluding hydrogens is 444 g/mol. The molecule has 0 atom stereocenters. The molecule has 0 N–H and O–H groups in total. The van der Waals surface area contributed by atoms with Crippen LogP contribution in [0.5, 0.6) is 0 Å². The van der Waals surface area contributed by atoms with Crippen LogP contribution < -0.4 is 4.31 Å². The Bertz CT molecular complexity index is 1270. The van der Waals surface area contributed by atoms with Crippen LogP contribution in [0.3, 0.4) is 0 Å². The first-order chi connectivity index (χ1) is 15.4. The van der Waals surface area contributed by atoms with Crippen molar-refractivity contribution in [3.05, 3.63) is 65.5 Å². The Morgan fingerprint density at radius 1 is 1.12 bits per heavy atom. The normalized spacial score (nSPS) is 16.1. The van der Waals surface area contributed by atoms with Crippen molar-refractivity contribution in [2.75, 3.05) is 22.9 Å². The zero-order chi connectivity index (χ0) is 22.3. The number of nitrogens with zero attached hydrogens (tertiary/aromatic N) is 4. The molecule has 0 radical (unpaired) electrons. The summed E-state index contributed by atoms with van der Waals surface area (Å²) < 4.78 is 27.6. The molecule has 2 aromatic carbocycles. The minimum Gasteiger partial charge on any atom is -0.293 e. The summed E-state index contributed by atoms with van der Waals surface area (Å²) in [5.41, 5.74) is 3.19. The van der Waals surface area contributed by atoms with Gasteiger partial charge in [-0.05, 0) is 61.6 Å². The maximum atomic E-state index is 13.0. The zero-order valence-corrected chi connectivity index (χ0v) is 19.4. The molecule has 2 aliphatic rings. The highest BCUT2D eigenvalue weighted by Gasteiger charge is 2.31. The van der Waals surface area contributed by atoms with E-state index in [1.807, 2.05) is 36.4 Å². The van der Waals surface area contributed by atoms with Gasteiger partial charge >= 0.3 is 0 Å². The van der Waals surface area contributed by atoms with E-state index in [0.29, 0.717) is 28.9 Å². The smallest absolute Gasteiger partial charge is 0.232 e. The summed E-state index contributed by atoms with van der Waals surface area (Å²) in [4.78, 5) is 13.0. The number of carbonyl (C=O) groups is 1. The van der Waals surface area contributed by atoms with Crippen molar-refractivity contribution >= 4 is 33.3 Å². The summed E-state index contributed by atoms with van der Waals surface area (Å²) in [6, 6.07) is 15.3. The Kier molecular flexibility index (Phi) is 5.54. The first-order valence-corrected chi connectivity index (χ1v) is 13.5. The monoisotopic (exact) mass is 468 g/mol. The SMILES string of the molecule is CS(=O)(=O)N1CCCc2cc(C(=O)CSc3nnc(C4CC4)n3-c3ccccc3)ccc21. The predicted molar refractivity (Wildman–Crippen MR) is 125 cm³/mol. The number of fused-ring (bicyclic) bond motifs is 1. The summed E-state index contributed by atoms with van der Waals surface area (Å²) >= 11 is 1.39. The molecule has 3 aromatic rings. The van der Waals surface area contributed by atoms with Crippen molar-refractivity contribution in [1.82, 2.24) is 14.8 Å². The fraction of sp³-hybridized carbons (Fsp3) is 0.348. The lowest BCUT2D eigenvalue weighted by Gasteiger charge is -2.29. The van der Waals surface area contributed by atoms with Crippen LogP contribution in [-0.2, 0) is 16.4 Å². The summed E-state index contributed by atoms with van der Waals surface area (Å²) in [5, 5.41) is 9.51. The number of aromatic nitrogens is 3. The number of benzene rings is 2. The largest absolute Gasteiger partial charge is 0.293 e. The van der Waals surface area contributed by atoms with E-state index in [-0.39, 0.29) is 11.5 Å². The van der Waals surface area contributed by atoms with Gasteiger partial charge in [-0.25, -0.2) is 8.42 Å². The molecule has 1 aromatic heterocycles. The number of rotatable bonds is 7. The molecule has 1 fully saturated rings. The van der Waals surface area contributed by atoms with E-state index in [4.69, 9.17) is 0 Å². The molecule has 7 nitrogen and oxygen atoms in total. The van der Waals surface area contributed by atoms with E-state index in [1.54, 1.807) is 12.1 Å². The molecule has 1 saturated carbocycles. The number of hydrogen-bond acceptors (Lipinski definition) is 6. The van der Waals surface area contributed by atoms with Crippen LogP contribution in [0.15, 0.2) is 53.7 Å². The predicted octanol–water partition coefficient (Wildman–Crippen LogP) is 3.83. The number of aryl methyl sites for hydroxylation is 1. The molecule has 9 heteroatoms. The maximum Gasteiger partial charge on any atom is 0.232 e. The molecule has 0 amide bonds. The highest BCUT2D eigenvalue weighted by Crippen LogP contribution is 2.41. The van der Waals surface area contributed by atoms with Gasteiger partial charge in [-0.1, -0.05) is 30.0 Å². The highest BCUT2D eigenvalue weighted by atomic mass is 32.2. The van der Waals surface area contributed by atoms with Crippen LogP contribution in [0.25, 0.3) is 5.69 Å². The van der Waals surface area contributed by atoms with Crippen LogP contribution in [-0.4, -0.2) is 47.5 Å². The second-order valence-corrected chi connectivity index (χ2v) is 11.1. The number of sulfonamides is 1. The van der Waals surface area contributed by atoms with Crippen molar-refractivity contribution in [1.29, 1.82) is 0 Å². The molecule has 0 unspecified atom stereocenters. The maximum absolute atomic E-state index is 13.0. The van der Waals surface area contributed by atoms with Crippen LogP contribution >= 0.6 is 11.8 Å². The number of anilines is 1. The lowest BCUT2D eigenvalue weighted by atomic mass is 9.99. The van der Waals surface area contributed by atoms with E-state index < -0.39 is 10.0 Å². The molecule has 1 aliphatic heterocycles. The van der Waals surface area contributed by atoms with Gasteiger partial charge in [0.25, 0.3) is 0 Å². The van der Waals surface area contributed by atoms with Crippen LogP contribution in [0, 0.1) is 0 Å². The first kappa shape index (κ1) is 21.2. The van der Waals surface area contributed by atoms with E-state index in [1.165, 1.54) is 22.3 Å². The van der Waals surface area contributed by atoms with Crippen LogP contribution in [0.1, 0.15) is 46.9 Å². The van der Waals surface area contributed by atoms with E-state index in [2.05, 4.69) is 14.8 Å². The van der Waals surface area contributed by atoms with Gasteiger partial charge in [-0.3, -0.25) is 13.7 Å². The van der Waals surface area contributed by atoms with Crippen LogP contribution in [0.2, 0.25) is 0 Å². The number of ketones is 1. The van der Waals surface area contributed by atoms with Crippen molar-refractivity contribution in [3.63, 3.8) is 0 Å². The molecule has 0 saturated heterocycles. The molecule has 166 valence electrons. The molecule has 32 heavy (non-hydrogen) atoms. The van der Waals surface area contributed by atoms with Gasteiger partial charge in [-0.2, -0.15) is 0 Å². The Balaban J connectivity index is 1.36. The first-order valence-electron chi connectivity index (χ1n) is 10.7. The highest BCUT2D eigenvalue weighted by molar-refractivity contribution is 7.99. The quantitative estimate of drug-likeness (QED) is 0.387. The molecule has 0 bridgehead atoms. The fourth-order valence-corrected chi connectivity index (χ4v) is 5.94. The molecular formula is C23H24N4O3S2. The third kappa shape index (κ3) is 4.19. The number of carbonyl (C=O) groups excluding carboxylic acids is 1. The summed E-state index contributed by atoms with van der Waals surface area (Å²) in [7, 11) is -3.32. The second-order valence-electron chi connectivity index (χ2n) is 8.28. The van der Waals surface area contributed by atoms with E-state index in [9.17, 15) is 13.2 Å². The Hall–Kier alpha value is -2.65. The minimum absolute atomic E-state index is 0.00939. The molecule has 2 heterocycles. The Morgan fingerprint density at radius 2 is 1.91 bits per heavy atom. The summed E-state index contributed by atoms with van der Waals surface area (Å²) in [5.74, 6) is 1.63. The van der Waals surface area contributed by atoms with Gasteiger partial charge in [0.05, 0.1) is 17.7 Å². The zero-order valence-electron chi connectivity index (χ0n) is 17.8. The van der Waals surface area contributed by atoms with Gasteiger partial charge in [0.2, 0.25) is 10.0 Å². The number of Topliss-reactive ketones (excluding diaryl/α,β-unsaturated/α-hetero) is 1. The van der Waals surface area contributed by atoms with E-state index in [0.717, 1.165) is 42.8 Å². The van der Waals surface area contributed by atoms with Crippen molar-refractivity contribution in [2.24, 2.45) is 0 Å². The second kappa shape index (κ2) is 8.37. The molecule has 5 rings (SSSR count). The van der Waals surface area contributed by atoms with Crippen molar-refractivity contribution in [3.8, 4) is 5.69 Å². The average Bonchev–Trinajstić information content (AvgIpc) is 3.55. The van der Waals surface area contributed by atoms with Gasteiger partial charge in [-0.15, -0.1) is 10.2 Å². The van der Waals surface area contributed by atoms with Crippen molar-refractivity contribution < 1.29 is 13.2 Å². The van der Waals surface area contributed by atoms with E-state index >= 15 is 0 Å². The third-order valence-corrected chi connectivity index (χ3v) is 7.93. The average molecular weight is 469 g/mol. The lowest BCUT2D eigenvalue weighted by Crippen LogP contribution is -2.34. The number of para-hydroxylation sites is 1. The van der Waals surface area contributed by atoms with Gasteiger partial charge in [0, 0.05) is 23.7 Å². The lowest BCUT2D eigenvalue weighted by molar-refractivity contribution is 0.102. The summed E-state index contributed by atoms with van der Waals surface area (Å²) in [6.07, 6.45) is 4.97. The standard InChI is InChI=1S/C23H24N4O3S2/c1-32(29,30)26-13-5-6-17-14-18(11-12-20(17)26)21(28)15-31-23-25-24-22(16-9-10-16)27(23)19-7-3-2-4-8-19/h2-4,7-8,11-12,14,16H,5-6,9-10,13,15H2,1H3. The number of hydrogen-bond donors (Lipinski definition) is 0. The Morgan fingerprint density at radius 3 is 2.62 bits per heavy atom. The number of thioether (sulfide) groups is 1. The minimum atomic E-state index is -3.32. The van der Waals surface area contributed by atoms with Crippen molar-refractivity contribution in [2.45, 2.75) is 36.8 Å². The van der Waals surface area contributed by atoms with Gasteiger partial charge in [0.1, 0.15) is 5.82 Å². The topological polar surface area (TPSA) is 85.2 Å². The fourth-order valence-electron chi connectivity index (χ4n) is 4.09. The van der Waals surface area contributed by atoms with Gasteiger partial charge in [0.15, 0.2) is 10.9 Å². The van der Waals surface area contributed by atoms with Gasteiger partial charge < -0.3 is 0 Å². The molecule has 0 spiro atoms. The van der Waals surface area contributed by atoms with Crippen LogP contribution in [0.4, 0.5) is 5.69 Å². The Labute approximate surface area is 191 Å². The molecule has 1 aliphatic carbocycles.